The molecular formula is C10H16N4O2S2. The van der Waals surface area contributed by atoms with Gasteiger partial charge < -0.3 is 5.43 Å². The van der Waals surface area contributed by atoms with E-state index in [1.54, 1.807) is 24.9 Å². The van der Waals surface area contributed by atoms with Crippen molar-refractivity contribution in [3.05, 3.63) is 18.3 Å². The Morgan fingerprint density at radius 2 is 2.33 bits per heavy atom. The summed E-state index contributed by atoms with van der Waals surface area (Å²) in [7, 11) is -1.83. The number of aromatic nitrogens is 1. The Balaban J connectivity index is 2.23. The summed E-state index contributed by atoms with van der Waals surface area (Å²) in [4.78, 5) is 4.12. The fourth-order valence-corrected chi connectivity index (χ4v) is 4.48. The van der Waals surface area contributed by atoms with Crippen LogP contribution in [0, 0.1) is 0 Å². The molecule has 0 bridgehead atoms. The number of hydrogen-bond donors (Lipinski definition) is 2. The number of thioether (sulfide) groups is 1. The summed E-state index contributed by atoms with van der Waals surface area (Å²) in [6.45, 7) is 0. The van der Waals surface area contributed by atoms with Crippen molar-refractivity contribution in [1.29, 1.82) is 0 Å². The zero-order valence-corrected chi connectivity index (χ0v) is 11.7. The highest BCUT2D eigenvalue weighted by molar-refractivity contribution is 7.99. The Kier molecular flexibility index (Phi) is 4.10. The molecule has 8 heteroatoms. The van der Waals surface area contributed by atoms with Gasteiger partial charge in [-0.3, -0.25) is 0 Å². The lowest BCUT2D eigenvalue weighted by Crippen LogP contribution is -2.37. The first kappa shape index (κ1) is 13.6. The van der Waals surface area contributed by atoms with Gasteiger partial charge in [0.2, 0.25) is 10.0 Å². The van der Waals surface area contributed by atoms with Crippen LogP contribution in [-0.2, 0) is 10.0 Å². The van der Waals surface area contributed by atoms with Crippen molar-refractivity contribution in [2.24, 2.45) is 5.84 Å². The van der Waals surface area contributed by atoms with E-state index < -0.39 is 10.0 Å². The summed E-state index contributed by atoms with van der Waals surface area (Å²) in [5.74, 6) is 7.50. The van der Waals surface area contributed by atoms with Gasteiger partial charge in [-0.2, -0.15) is 16.1 Å². The molecule has 18 heavy (non-hydrogen) atoms. The first-order valence-electron chi connectivity index (χ1n) is 5.54. The summed E-state index contributed by atoms with van der Waals surface area (Å²) >= 11 is 1.78. The number of hydrazine groups is 1. The summed E-state index contributed by atoms with van der Waals surface area (Å²) in [6, 6.07) is 3.13. The molecule has 1 aromatic heterocycles. The highest BCUT2D eigenvalue weighted by Crippen LogP contribution is 2.26. The normalized spacial score (nSPS) is 20.3. The van der Waals surface area contributed by atoms with Gasteiger partial charge in [-0.25, -0.2) is 19.2 Å². The molecule has 0 spiro atoms. The number of sulfonamides is 1. The van der Waals surface area contributed by atoms with Crippen molar-refractivity contribution in [1.82, 2.24) is 9.29 Å². The van der Waals surface area contributed by atoms with E-state index in [-0.39, 0.29) is 10.9 Å². The van der Waals surface area contributed by atoms with Gasteiger partial charge in [-0.15, -0.1) is 0 Å². The quantitative estimate of drug-likeness (QED) is 0.619. The SMILES string of the molecule is CN(C1CCSC1)S(=O)(=O)c1ccc(NN)nc1. The second kappa shape index (κ2) is 5.43. The first-order chi connectivity index (χ1) is 8.55. The zero-order valence-electron chi connectivity index (χ0n) is 10.0. The number of nitrogen functional groups attached to an aromatic ring is 1. The maximum Gasteiger partial charge on any atom is 0.244 e. The van der Waals surface area contributed by atoms with Crippen molar-refractivity contribution >= 4 is 27.6 Å². The highest BCUT2D eigenvalue weighted by Gasteiger charge is 2.30. The van der Waals surface area contributed by atoms with Crippen LogP contribution >= 0.6 is 11.8 Å². The molecule has 1 aliphatic heterocycles. The van der Waals surface area contributed by atoms with E-state index in [0.29, 0.717) is 5.82 Å². The van der Waals surface area contributed by atoms with E-state index in [1.807, 2.05) is 0 Å². The van der Waals surface area contributed by atoms with Gasteiger partial charge in [0.05, 0.1) is 0 Å². The maximum absolute atomic E-state index is 12.3. The molecule has 6 nitrogen and oxygen atoms in total. The van der Waals surface area contributed by atoms with Gasteiger partial charge >= 0.3 is 0 Å². The van der Waals surface area contributed by atoms with Crippen LogP contribution in [0.5, 0.6) is 0 Å². The third-order valence-corrected chi connectivity index (χ3v) is 6.02. The van der Waals surface area contributed by atoms with Crippen LogP contribution in [0.1, 0.15) is 6.42 Å². The third-order valence-electron chi connectivity index (χ3n) is 2.98. The third kappa shape index (κ3) is 2.61. The molecule has 1 fully saturated rings. The van der Waals surface area contributed by atoms with Crippen molar-refractivity contribution in [3.8, 4) is 0 Å². The van der Waals surface area contributed by atoms with E-state index >= 15 is 0 Å². The fraction of sp³-hybridized carbons (Fsp3) is 0.500. The molecule has 1 saturated heterocycles. The first-order valence-corrected chi connectivity index (χ1v) is 8.13. The molecule has 0 aliphatic carbocycles. The predicted molar refractivity (Wildman–Crippen MR) is 72.7 cm³/mol. The molecule has 2 heterocycles. The zero-order chi connectivity index (χ0) is 13.2. The van der Waals surface area contributed by atoms with Crippen molar-refractivity contribution in [2.75, 3.05) is 24.0 Å². The molecule has 1 aliphatic rings. The van der Waals surface area contributed by atoms with Crippen LogP contribution in [0.4, 0.5) is 5.82 Å². The molecule has 3 N–H and O–H groups in total. The van der Waals surface area contributed by atoms with E-state index in [4.69, 9.17) is 5.84 Å². The van der Waals surface area contributed by atoms with Gasteiger partial charge in [0.15, 0.2) is 0 Å². The van der Waals surface area contributed by atoms with Crippen molar-refractivity contribution < 1.29 is 8.42 Å². The number of nitrogens with zero attached hydrogens (tertiary/aromatic N) is 2. The molecule has 100 valence electrons. The largest absolute Gasteiger partial charge is 0.308 e. The number of nitrogens with one attached hydrogen (secondary N) is 1. The number of nitrogens with two attached hydrogens (primary N) is 1. The smallest absolute Gasteiger partial charge is 0.244 e. The highest BCUT2D eigenvalue weighted by atomic mass is 32.2. The molecular weight excluding hydrogens is 272 g/mol. The molecule has 0 aromatic carbocycles. The molecule has 1 unspecified atom stereocenters. The van der Waals surface area contributed by atoms with Crippen molar-refractivity contribution in [2.45, 2.75) is 17.4 Å². The number of rotatable bonds is 4. The maximum atomic E-state index is 12.3. The lowest BCUT2D eigenvalue weighted by molar-refractivity contribution is 0.394. The van der Waals surface area contributed by atoms with Crippen LogP contribution in [0.15, 0.2) is 23.2 Å². The minimum absolute atomic E-state index is 0.0762. The number of pyridine rings is 1. The Morgan fingerprint density at radius 1 is 1.56 bits per heavy atom. The van der Waals surface area contributed by atoms with Crippen LogP contribution in [0.3, 0.4) is 0 Å². The monoisotopic (exact) mass is 288 g/mol. The van der Waals surface area contributed by atoms with Gasteiger partial charge in [0.1, 0.15) is 10.7 Å². The fourth-order valence-electron chi connectivity index (χ4n) is 1.79. The summed E-state index contributed by atoms with van der Waals surface area (Å²) in [5.41, 5.74) is 2.37. The summed E-state index contributed by atoms with van der Waals surface area (Å²) < 4.78 is 26.1. The second-order valence-electron chi connectivity index (χ2n) is 4.06. The Morgan fingerprint density at radius 3 is 2.83 bits per heavy atom. The van der Waals surface area contributed by atoms with E-state index in [2.05, 4.69) is 10.4 Å². The second-order valence-corrected chi connectivity index (χ2v) is 7.21. The van der Waals surface area contributed by atoms with Gasteiger partial charge in [-0.05, 0) is 24.3 Å². The molecule has 1 aromatic rings. The van der Waals surface area contributed by atoms with Crippen LogP contribution in [0.2, 0.25) is 0 Å². The average molecular weight is 288 g/mol. The summed E-state index contributed by atoms with van der Waals surface area (Å²) in [6.07, 6.45) is 2.22. The van der Waals surface area contributed by atoms with Gasteiger partial charge in [-0.1, -0.05) is 0 Å². The lowest BCUT2D eigenvalue weighted by Gasteiger charge is -2.22. The van der Waals surface area contributed by atoms with Crippen LogP contribution in [-0.4, -0.2) is 42.3 Å². The van der Waals surface area contributed by atoms with Gasteiger partial charge in [0, 0.05) is 25.0 Å². The predicted octanol–water partition coefficient (Wildman–Crippen LogP) is 0.493. The lowest BCUT2D eigenvalue weighted by atomic mass is 10.3. The van der Waals surface area contributed by atoms with E-state index in [9.17, 15) is 8.42 Å². The topological polar surface area (TPSA) is 88.3 Å². The average Bonchev–Trinajstić information content (AvgIpc) is 2.91. The molecule has 2 rings (SSSR count). The number of hydrogen-bond acceptors (Lipinski definition) is 6. The molecule has 0 saturated carbocycles. The van der Waals surface area contributed by atoms with Gasteiger partial charge in [0.25, 0.3) is 0 Å². The summed E-state index contributed by atoms with van der Waals surface area (Å²) in [5, 5.41) is 0. The Labute approximate surface area is 111 Å². The van der Waals surface area contributed by atoms with E-state index in [1.165, 1.54) is 16.6 Å². The minimum atomic E-state index is -3.46. The number of anilines is 1. The van der Waals surface area contributed by atoms with Crippen LogP contribution < -0.4 is 11.3 Å². The van der Waals surface area contributed by atoms with Crippen LogP contribution in [0.25, 0.3) is 0 Å². The standard InChI is InChI=1S/C10H16N4O2S2/c1-14(8-4-5-17-7-8)18(15,16)9-2-3-10(13-11)12-6-9/h2-3,6,8H,4-5,7,11H2,1H3,(H,12,13). The van der Waals surface area contributed by atoms with E-state index in [0.717, 1.165) is 17.9 Å². The molecule has 0 amide bonds. The van der Waals surface area contributed by atoms with Crippen molar-refractivity contribution in [3.63, 3.8) is 0 Å². The Bertz CT molecular complexity index is 497. The molecule has 0 radical (unpaired) electrons. The Hall–Kier alpha value is -0.830. The minimum Gasteiger partial charge on any atom is -0.308 e. The molecule has 1 atom stereocenters.